The van der Waals surface area contributed by atoms with Gasteiger partial charge >= 0.3 is 11.7 Å². The number of ether oxygens (including phenoxy) is 1. The van der Waals surface area contributed by atoms with Crippen molar-refractivity contribution >= 4 is 17.0 Å². The van der Waals surface area contributed by atoms with Crippen LogP contribution in [0.15, 0.2) is 41.2 Å². The Morgan fingerprint density at radius 1 is 1.36 bits per heavy atom. The number of carbonyl (C=O) groups is 1. The van der Waals surface area contributed by atoms with E-state index in [2.05, 4.69) is 17.1 Å². The van der Waals surface area contributed by atoms with Crippen LogP contribution in [0.4, 0.5) is 0 Å². The van der Waals surface area contributed by atoms with E-state index in [0.29, 0.717) is 31.9 Å². The van der Waals surface area contributed by atoms with Crippen LogP contribution in [0.3, 0.4) is 0 Å². The zero-order valence-corrected chi connectivity index (χ0v) is 12.5. The van der Waals surface area contributed by atoms with Crippen molar-refractivity contribution in [1.82, 2.24) is 9.55 Å². The van der Waals surface area contributed by atoms with E-state index in [4.69, 9.17) is 4.74 Å². The maximum absolute atomic E-state index is 11.9. The minimum Gasteiger partial charge on any atom is -0.466 e. The van der Waals surface area contributed by atoms with Crippen LogP contribution in [0.5, 0.6) is 0 Å². The van der Waals surface area contributed by atoms with Crippen LogP contribution >= 0.6 is 0 Å². The fourth-order valence-corrected chi connectivity index (χ4v) is 2.88. The number of imidazole rings is 1. The van der Waals surface area contributed by atoms with Gasteiger partial charge in [0, 0.05) is 6.54 Å². The molecule has 0 fully saturated rings. The number of nitrogens with zero attached hydrogens (tertiary/aromatic N) is 1. The molecule has 5 nitrogen and oxygen atoms in total. The van der Waals surface area contributed by atoms with Gasteiger partial charge in [0.25, 0.3) is 0 Å². The maximum Gasteiger partial charge on any atom is 0.326 e. The van der Waals surface area contributed by atoms with Crippen molar-refractivity contribution in [3.63, 3.8) is 0 Å². The highest BCUT2D eigenvalue weighted by Gasteiger charge is 2.14. The average Bonchev–Trinajstić information content (AvgIpc) is 3.11. The molecule has 2 aromatic rings. The predicted octanol–water partition coefficient (Wildman–Crippen LogP) is 2.62. The summed E-state index contributed by atoms with van der Waals surface area (Å²) in [7, 11) is 0. The monoisotopic (exact) mass is 300 g/mol. The summed E-state index contributed by atoms with van der Waals surface area (Å²) in [6, 6.07) is 7.58. The van der Waals surface area contributed by atoms with Crippen molar-refractivity contribution in [2.24, 2.45) is 5.92 Å². The van der Waals surface area contributed by atoms with Gasteiger partial charge in [0.2, 0.25) is 0 Å². The van der Waals surface area contributed by atoms with Crippen LogP contribution in [0.25, 0.3) is 11.0 Å². The largest absolute Gasteiger partial charge is 0.466 e. The first-order chi connectivity index (χ1) is 10.7. The van der Waals surface area contributed by atoms with E-state index in [1.807, 2.05) is 24.3 Å². The molecule has 116 valence electrons. The zero-order valence-electron chi connectivity index (χ0n) is 12.5. The molecule has 0 bridgehead atoms. The van der Waals surface area contributed by atoms with Crippen LogP contribution in [0, 0.1) is 5.92 Å². The summed E-state index contributed by atoms with van der Waals surface area (Å²) >= 11 is 0. The highest BCUT2D eigenvalue weighted by molar-refractivity contribution is 5.74. The molecule has 1 aromatic heterocycles. The molecule has 5 heteroatoms. The van der Waals surface area contributed by atoms with Crippen molar-refractivity contribution in [2.45, 2.75) is 32.2 Å². The topological polar surface area (TPSA) is 64.1 Å². The minimum atomic E-state index is -0.150. The molecule has 0 aliphatic heterocycles. The smallest absolute Gasteiger partial charge is 0.326 e. The van der Waals surface area contributed by atoms with Crippen LogP contribution in [-0.2, 0) is 16.1 Å². The number of rotatable bonds is 6. The Balaban J connectivity index is 1.48. The average molecular weight is 300 g/mol. The van der Waals surface area contributed by atoms with Gasteiger partial charge in [0.1, 0.15) is 0 Å². The summed E-state index contributed by atoms with van der Waals surface area (Å²) in [5, 5.41) is 0. The number of fused-ring (bicyclic) bond motifs is 1. The quantitative estimate of drug-likeness (QED) is 0.507. The van der Waals surface area contributed by atoms with E-state index in [0.717, 1.165) is 23.9 Å². The fraction of sp³-hybridized carbons (Fsp3) is 0.412. The molecule has 1 aromatic carbocycles. The van der Waals surface area contributed by atoms with Gasteiger partial charge in [0.15, 0.2) is 0 Å². The summed E-state index contributed by atoms with van der Waals surface area (Å²) in [5.41, 5.74) is 1.59. The highest BCUT2D eigenvalue weighted by atomic mass is 16.5. The first-order valence-electron chi connectivity index (χ1n) is 7.74. The first-order valence-corrected chi connectivity index (χ1v) is 7.74. The van der Waals surface area contributed by atoms with Gasteiger partial charge in [0.05, 0.1) is 24.1 Å². The molecule has 0 radical (unpaired) electrons. The first kappa shape index (κ1) is 14.6. The van der Waals surface area contributed by atoms with Crippen molar-refractivity contribution < 1.29 is 9.53 Å². The Labute approximate surface area is 128 Å². The molecule has 0 saturated heterocycles. The lowest BCUT2D eigenvalue weighted by atomic mass is 10.1. The molecule has 1 aliphatic carbocycles. The lowest BCUT2D eigenvalue weighted by Gasteiger charge is -2.08. The van der Waals surface area contributed by atoms with E-state index < -0.39 is 0 Å². The second-order valence-electron chi connectivity index (χ2n) is 5.64. The van der Waals surface area contributed by atoms with Crippen LogP contribution in [0.1, 0.15) is 25.7 Å². The number of hydrogen-bond acceptors (Lipinski definition) is 3. The third-order valence-electron chi connectivity index (χ3n) is 4.01. The van der Waals surface area contributed by atoms with E-state index in [9.17, 15) is 9.59 Å². The molecule has 0 saturated carbocycles. The molecule has 0 spiro atoms. The number of benzene rings is 1. The number of carbonyl (C=O) groups excluding carboxylic acids is 1. The minimum absolute atomic E-state index is 0.122. The highest BCUT2D eigenvalue weighted by Crippen LogP contribution is 2.20. The Kier molecular flexibility index (Phi) is 4.42. The number of hydrogen-bond donors (Lipinski definition) is 1. The molecule has 1 atom stereocenters. The van der Waals surface area contributed by atoms with Crippen molar-refractivity contribution in [2.75, 3.05) is 6.61 Å². The Hall–Kier alpha value is -2.30. The molecule has 3 rings (SSSR count). The van der Waals surface area contributed by atoms with E-state index in [1.54, 1.807) is 4.57 Å². The van der Waals surface area contributed by atoms with Crippen molar-refractivity contribution in [1.29, 1.82) is 0 Å². The van der Waals surface area contributed by atoms with Crippen molar-refractivity contribution in [3.05, 3.63) is 46.9 Å². The molecule has 0 amide bonds. The molecule has 1 aliphatic rings. The molecular weight excluding hydrogens is 280 g/mol. The number of nitrogens with one attached hydrogen (secondary N) is 1. The van der Waals surface area contributed by atoms with Gasteiger partial charge in [-0.25, -0.2) is 4.79 Å². The maximum atomic E-state index is 11.9. The Bertz CT molecular complexity index is 742. The zero-order chi connectivity index (χ0) is 15.4. The molecule has 1 N–H and O–H groups in total. The van der Waals surface area contributed by atoms with Gasteiger partial charge < -0.3 is 9.72 Å². The lowest BCUT2D eigenvalue weighted by molar-refractivity contribution is -0.144. The molecule has 0 unspecified atom stereocenters. The Morgan fingerprint density at radius 2 is 2.23 bits per heavy atom. The standard InChI is InChI=1S/C17H20N2O3/c20-16(12-13-6-1-2-7-13)22-11-5-10-19-15-9-4-3-8-14(15)18-17(19)21/h1,3-4,6,8-9,13H,2,5,7,10-12H2,(H,18,21)/t13-/m0/s1. The van der Waals surface area contributed by atoms with E-state index >= 15 is 0 Å². The SMILES string of the molecule is O=C(C[C@H]1C=CCC1)OCCCn1c(=O)[nH]c2ccccc21. The van der Waals surface area contributed by atoms with E-state index in [1.165, 1.54) is 0 Å². The predicted molar refractivity (Wildman–Crippen MR) is 84.6 cm³/mol. The lowest BCUT2D eigenvalue weighted by Crippen LogP contribution is -2.18. The molecule has 1 heterocycles. The number of allylic oxidation sites excluding steroid dienone is 2. The number of esters is 1. The molecular formula is C17H20N2O3. The van der Waals surface area contributed by atoms with Gasteiger partial charge in [-0.05, 0) is 37.3 Å². The number of aryl methyl sites for hydroxylation is 1. The second-order valence-corrected chi connectivity index (χ2v) is 5.64. The summed E-state index contributed by atoms with van der Waals surface area (Å²) in [5.74, 6) is 0.187. The van der Waals surface area contributed by atoms with Crippen LogP contribution < -0.4 is 5.69 Å². The van der Waals surface area contributed by atoms with E-state index in [-0.39, 0.29) is 11.7 Å². The van der Waals surface area contributed by atoms with Gasteiger partial charge in [-0.2, -0.15) is 0 Å². The van der Waals surface area contributed by atoms with Gasteiger partial charge in [-0.3, -0.25) is 9.36 Å². The Morgan fingerprint density at radius 3 is 3.05 bits per heavy atom. The number of para-hydroxylation sites is 2. The normalized spacial score (nSPS) is 17.2. The second kappa shape index (κ2) is 6.64. The number of H-pyrrole nitrogens is 1. The fourth-order valence-electron chi connectivity index (χ4n) is 2.88. The van der Waals surface area contributed by atoms with Gasteiger partial charge in [-0.1, -0.05) is 24.3 Å². The summed E-state index contributed by atoms with van der Waals surface area (Å²) in [6.45, 7) is 0.890. The molecule has 22 heavy (non-hydrogen) atoms. The third kappa shape index (κ3) is 3.30. The summed E-state index contributed by atoms with van der Waals surface area (Å²) < 4.78 is 6.94. The summed E-state index contributed by atoms with van der Waals surface area (Å²) in [4.78, 5) is 26.4. The van der Waals surface area contributed by atoms with Crippen LogP contribution in [0.2, 0.25) is 0 Å². The van der Waals surface area contributed by atoms with Gasteiger partial charge in [-0.15, -0.1) is 0 Å². The number of aromatic nitrogens is 2. The van der Waals surface area contributed by atoms with Crippen LogP contribution in [-0.4, -0.2) is 22.1 Å². The number of aromatic amines is 1. The summed E-state index contributed by atoms with van der Waals surface area (Å²) in [6.07, 6.45) is 7.40. The van der Waals surface area contributed by atoms with Crippen molar-refractivity contribution in [3.8, 4) is 0 Å². The third-order valence-corrected chi connectivity index (χ3v) is 4.01.